The quantitative estimate of drug-likeness (QED) is 0.774. The number of fused-ring (bicyclic) bond motifs is 1. The predicted molar refractivity (Wildman–Crippen MR) is 70.8 cm³/mol. The molecule has 1 aliphatic heterocycles. The summed E-state index contributed by atoms with van der Waals surface area (Å²) in [6.07, 6.45) is 0. The van der Waals surface area contributed by atoms with E-state index in [9.17, 15) is 18.4 Å². The zero-order valence-corrected chi connectivity index (χ0v) is 11.4. The fraction of sp³-hybridized carbons (Fsp3) is 0.429. The molecule has 108 valence electrons. The van der Waals surface area contributed by atoms with Crippen LogP contribution in [0.4, 0.5) is 14.5 Å². The molecule has 1 aromatic carbocycles. The number of nitrogens with zero attached hydrogens (tertiary/aromatic N) is 2. The van der Waals surface area contributed by atoms with Gasteiger partial charge in [0.05, 0.1) is 11.3 Å². The molecule has 6 heteroatoms. The lowest BCUT2D eigenvalue weighted by Crippen LogP contribution is -2.38. The van der Waals surface area contributed by atoms with E-state index < -0.39 is 23.3 Å². The summed E-state index contributed by atoms with van der Waals surface area (Å²) < 4.78 is 27.0. The normalized spacial score (nSPS) is 14.3. The molecule has 0 unspecified atom stereocenters. The van der Waals surface area contributed by atoms with Crippen LogP contribution in [0, 0.1) is 11.6 Å². The van der Waals surface area contributed by atoms with E-state index in [2.05, 4.69) is 4.90 Å². The van der Waals surface area contributed by atoms with Gasteiger partial charge in [-0.1, -0.05) is 13.8 Å². The van der Waals surface area contributed by atoms with Crippen molar-refractivity contribution in [2.24, 2.45) is 0 Å². The second-order valence-corrected chi connectivity index (χ2v) is 4.60. The van der Waals surface area contributed by atoms with Gasteiger partial charge < -0.3 is 9.80 Å². The van der Waals surface area contributed by atoms with Gasteiger partial charge in [-0.3, -0.25) is 9.59 Å². The Morgan fingerprint density at radius 3 is 2.40 bits per heavy atom. The van der Waals surface area contributed by atoms with Crippen LogP contribution in [-0.2, 0) is 4.79 Å². The van der Waals surface area contributed by atoms with Crippen molar-refractivity contribution in [3.63, 3.8) is 0 Å². The van der Waals surface area contributed by atoms with Crippen molar-refractivity contribution in [1.29, 1.82) is 0 Å². The SMILES string of the molecule is CCN(CC)CCN1C(=O)C(=O)c2cc(F)cc(F)c21. The summed E-state index contributed by atoms with van der Waals surface area (Å²) in [6.45, 7) is 6.29. The summed E-state index contributed by atoms with van der Waals surface area (Å²) in [4.78, 5) is 26.8. The molecule has 0 radical (unpaired) electrons. The molecule has 0 fully saturated rings. The number of carbonyl (C=O) groups is 2. The number of amides is 1. The highest BCUT2D eigenvalue weighted by Crippen LogP contribution is 2.32. The van der Waals surface area contributed by atoms with E-state index in [1.807, 2.05) is 13.8 Å². The molecular formula is C14H16F2N2O2. The van der Waals surface area contributed by atoms with Crippen LogP contribution in [0.15, 0.2) is 12.1 Å². The molecule has 1 amide bonds. The monoisotopic (exact) mass is 282 g/mol. The number of Topliss-reactive ketones (excluding diaryl/α,β-unsaturated/α-hetero) is 1. The van der Waals surface area contributed by atoms with E-state index in [0.717, 1.165) is 24.1 Å². The third kappa shape index (κ3) is 2.43. The van der Waals surface area contributed by atoms with Gasteiger partial charge >= 0.3 is 0 Å². The highest BCUT2D eigenvalue weighted by molar-refractivity contribution is 6.52. The van der Waals surface area contributed by atoms with Crippen LogP contribution in [0.2, 0.25) is 0 Å². The fourth-order valence-corrected chi connectivity index (χ4v) is 2.35. The second kappa shape index (κ2) is 5.66. The average molecular weight is 282 g/mol. The van der Waals surface area contributed by atoms with Crippen molar-refractivity contribution in [2.45, 2.75) is 13.8 Å². The minimum Gasteiger partial charge on any atom is -0.302 e. The van der Waals surface area contributed by atoms with Crippen LogP contribution in [-0.4, -0.2) is 42.8 Å². The summed E-state index contributed by atoms with van der Waals surface area (Å²) in [5.74, 6) is -3.37. The van der Waals surface area contributed by atoms with Crippen LogP contribution in [0.5, 0.6) is 0 Å². The molecule has 2 rings (SSSR count). The summed E-state index contributed by atoms with van der Waals surface area (Å²) in [7, 11) is 0. The van der Waals surface area contributed by atoms with Gasteiger partial charge in [0.1, 0.15) is 5.82 Å². The Balaban J connectivity index is 2.29. The number of hydrogen-bond donors (Lipinski definition) is 0. The van der Waals surface area contributed by atoms with Crippen LogP contribution >= 0.6 is 0 Å². The maximum Gasteiger partial charge on any atom is 0.299 e. The predicted octanol–water partition coefficient (Wildman–Crippen LogP) is 1.84. The van der Waals surface area contributed by atoms with Crippen LogP contribution in [0.1, 0.15) is 24.2 Å². The smallest absolute Gasteiger partial charge is 0.299 e. The Morgan fingerprint density at radius 2 is 1.80 bits per heavy atom. The molecule has 0 atom stereocenters. The maximum atomic E-state index is 13.8. The van der Waals surface area contributed by atoms with E-state index in [1.165, 1.54) is 0 Å². The van der Waals surface area contributed by atoms with Gasteiger partial charge in [0.25, 0.3) is 11.7 Å². The van der Waals surface area contributed by atoms with Gasteiger partial charge in [0.15, 0.2) is 5.82 Å². The average Bonchev–Trinajstić information content (AvgIpc) is 2.65. The molecule has 0 saturated heterocycles. The number of anilines is 1. The molecule has 0 N–H and O–H groups in total. The first-order valence-electron chi connectivity index (χ1n) is 6.57. The van der Waals surface area contributed by atoms with Gasteiger partial charge in [-0.15, -0.1) is 0 Å². The summed E-state index contributed by atoms with van der Waals surface area (Å²) >= 11 is 0. The number of halogens is 2. The highest BCUT2D eigenvalue weighted by atomic mass is 19.1. The van der Waals surface area contributed by atoms with E-state index >= 15 is 0 Å². The standard InChI is InChI=1S/C14H16F2N2O2/c1-3-17(4-2)5-6-18-12-10(13(19)14(18)20)7-9(15)8-11(12)16/h7-8H,3-6H2,1-2H3. The molecule has 1 aromatic rings. The summed E-state index contributed by atoms with van der Waals surface area (Å²) in [5, 5.41) is 0. The molecule has 0 saturated carbocycles. The van der Waals surface area contributed by atoms with Crippen molar-refractivity contribution in [3.8, 4) is 0 Å². The van der Waals surface area contributed by atoms with Crippen molar-refractivity contribution in [3.05, 3.63) is 29.3 Å². The Morgan fingerprint density at radius 1 is 1.15 bits per heavy atom. The number of likely N-dealkylation sites (N-methyl/N-ethyl adjacent to an activating group) is 1. The third-order valence-electron chi connectivity index (χ3n) is 3.52. The van der Waals surface area contributed by atoms with Crippen LogP contribution < -0.4 is 4.90 Å². The maximum absolute atomic E-state index is 13.8. The van der Waals surface area contributed by atoms with E-state index in [4.69, 9.17) is 0 Å². The number of hydrogen-bond acceptors (Lipinski definition) is 3. The van der Waals surface area contributed by atoms with Crippen molar-refractivity contribution >= 4 is 17.4 Å². The number of benzene rings is 1. The Hall–Kier alpha value is -1.82. The zero-order valence-electron chi connectivity index (χ0n) is 11.4. The molecule has 1 heterocycles. The van der Waals surface area contributed by atoms with Crippen molar-refractivity contribution < 1.29 is 18.4 Å². The highest BCUT2D eigenvalue weighted by Gasteiger charge is 2.38. The molecule has 0 spiro atoms. The van der Waals surface area contributed by atoms with E-state index in [1.54, 1.807) is 0 Å². The van der Waals surface area contributed by atoms with Crippen LogP contribution in [0.25, 0.3) is 0 Å². The lowest BCUT2D eigenvalue weighted by atomic mass is 10.1. The van der Waals surface area contributed by atoms with E-state index in [-0.39, 0.29) is 17.8 Å². The fourth-order valence-electron chi connectivity index (χ4n) is 2.35. The lowest BCUT2D eigenvalue weighted by molar-refractivity contribution is -0.114. The zero-order chi connectivity index (χ0) is 14.9. The lowest BCUT2D eigenvalue weighted by Gasteiger charge is -2.23. The van der Waals surface area contributed by atoms with Gasteiger partial charge in [0.2, 0.25) is 0 Å². The Labute approximate surface area is 116 Å². The van der Waals surface area contributed by atoms with Gasteiger partial charge in [-0.25, -0.2) is 8.78 Å². The summed E-state index contributed by atoms with van der Waals surface area (Å²) in [6, 6.07) is 1.60. The van der Waals surface area contributed by atoms with Gasteiger partial charge in [-0.05, 0) is 19.2 Å². The van der Waals surface area contributed by atoms with E-state index in [0.29, 0.717) is 12.6 Å². The Bertz CT molecular complexity index is 556. The van der Waals surface area contributed by atoms with Crippen LogP contribution in [0.3, 0.4) is 0 Å². The van der Waals surface area contributed by atoms with Crippen molar-refractivity contribution in [2.75, 3.05) is 31.1 Å². The Kier molecular flexibility index (Phi) is 4.13. The molecule has 0 aromatic heterocycles. The molecule has 20 heavy (non-hydrogen) atoms. The first kappa shape index (κ1) is 14.6. The second-order valence-electron chi connectivity index (χ2n) is 4.60. The van der Waals surface area contributed by atoms with Gasteiger partial charge in [0, 0.05) is 19.2 Å². The minimum absolute atomic E-state index is 0.103. The number of rotatable bonds is 5. The molecule has 4 nitrogen and oxygen atoms in total. The molecule has 0 aliphatic carbocycles. The van der Waals surface area contributed by atoms with Crippen molar-refractivity contribution in [1.82, 2.24) is 4.90 Å². The third-order valence-corrected chi connectivity index (χ3v) is 3.52. The molecular weight excluding hydrogens is 266 g/mol. The topological polar surface area (TPSA) is 40.6 Å². The van der Waals surface area contributed by atoms with Gasteiger partial charge in [-0.2, -0.15) is 0 Å². The first-order chi connectivity index (χ1) is 9.49. The summed E-state index contributed by atoms with van der Waals surface area (Å²) in [5.41, 5.74) is -0.291. The number of carbonyl (C=O) groups excluding carboxylic acids is 2. The number of ketones is 1. The largest absolute Gasteiger partial charge is 0.302 e. The molecule has 1 aliphatic rings. The molecule has 0 bridgehead atoms. The first-order valence-corrected chi connectivity index (χ1v) is 6.57. The minimum atomic E-state index is -0.876.